The second kappa shape index (κ2) is 11.7. The molecular weight excluding hydrogens is 394 g/mol. The Bertz CT molecular complexity index is 635. The second-order valence-electron chi connectivity index (χ2n) is 7.53. The fraction of sp³-hybridized carbons (Fsp3) is 0.789. The number of esters is 2. The van der Waals surface area contributed by atoms with Gasteiger partial charge in [0.05, 0.1) is 24.6 Å². The van der Waals surface area contributed by atoms with Crippen LogP contribution in [0.15, 0.2) is 4.99 Å². The minimum Gasteiger partial charge on any atom is -0.425 e. The Hall–Kier alpha value is -2.40. The predicted molar refractivity (Wildman–Crippen MR) is 110 cm³/mol. The molecule has 1 aliphatic carbocycles. The first kappa shape index (κ1) is 25.6. The molecule has 11 heteroatoms. The lowest BCUT2D eigenvalue weighted by atomic mass is 9.80. The summed E-state index contributed by atoms with van der Waals surface area (Å²) in [5, 5.41) is 13.9. The van der Waals surface area contributed by atoms with Crippen molar-refractivity contribution < 1.29 is 29.0 Å². The summed E-state index contributed by atoms with van der Waals surface area (Å²) in [6, 6.07) is -1.03. The number of hydrogen-bond acceptors (Lipinski definition) is 8. The molecule has 0 bridgehead atoms. The zero-order chi connectivity index (χ0) is 23.0. The van der Waals surface area contributed by atoms with E-state index in [1.54, 1.807) is 0 Å². The van der Waals surface area contributed by atoms with Gasteiger partial charge >= 0.3 is 11.9 Å². The maximum atomic E-state index is 12.7. The number of nitrogens with zero attached hydrogens (tertiary/aromatic N) is 1. The Kier molecular flexibility index (Phi) is 10.00. The number of rotatable bonds is 10. The van der Waals surface area contributed by atoms with Crippen molar-refractivity contribution in [3.8, 4) is 0 Å². The first-order valence-electron chi connectivity index (χ1n) is 10.2. The van der Waals surface area contributed by atoms with Crippen molar-refractivity contribution in [2.24, 2.45) is 39.9 Å². The molecule has 1 amide bonds. The van der Waals surface area contributed by atoms with Crippen molar-refractivity contribution in [1.82, 2.24) is 5.32 Å². The fourth-order valence-electron chi connectivity index (χ4n) is 4.14. The molecule has 2 unspecified atom stereocenters. The molecule has 0 aromatic carbocycles. The van der Waals surface area contributed by atoms with Crippen LogP contribution in [0.3, 0.4) is 0 Å². The maximum absolute atomic E-state index is 12.7. The molecule has 0 radical (unpaired) electrons. The largest absolute Gasteiger partial charge is 0.425 e. The van der Waals surface area contributed by atoms with Gasteiger partial charge in [-0.3, -0.25) is 14.4 Å². The molecule has 1 fully saturated rings. The Morgan fingerprint density at radius 1 is 1.20 bits per heavy atom. The number of amides is 1. The third-order valence-corrected chi connectivity index (χ3v) is 5.45. The molecule has 8 N–H and O–H groups in total. The topological polar surface area (TPSA) is 192 Å². The number of aliphatic imine (C=N–C) groups is 1. The van der Waals surface area contributed by atoms with Gasteiger partial charge in [0.25, 0.3) is 0 Å². The van der Waals surface area contributed by atoms with Crippen LogP contribution in [0.25, 0.3) is 0 Å². The zero-order valence-electron chi connectivity index (χ0n) is 18.0. The van der Waals surface area contributed by atoms with Gasteiger partial charge in [0.1, 0.15) is 0 Å². The zero-order valence-corrected chi connectivity index (χ0v) is 18.0. The van der Waals surface area contributed by atoms with Gasteiger partial charge in [0.15, 0.2) is 5.96 Å². The third-order valence-electron chi connectivity index (χ3n) is 5.45. The molecule has 0 spiro atoms. The molecule has 30 heavy (non-hydrogen) atoms. The van der Waals surface area contributed by atoms with E-state index in [-0.39, 0.29) is 30.8 Å². The Labute approximate surface area is 176 Å². The number of carbonyl (C=O) groups excluding carboxylic acids is 3. The summed E-state index contributed by atoms with van der Waals surface area (Å²) < 4.78 is 10.0. The predicted octanol–water partition coefficient (Wildman–Crippen LogP) is -1.04. The van der Waals surface area contributed by atoms with E-state index in [1.165, 1.54) is 13.8 Å². The van der Waals surface area contributed by atoms with Crippen molar-refractivity contribution in [3.05, 3.63) is 0 Å². The molecule has 1 saturated carbocycles. The summed E-state index contributed by atoms with van der Waals surface area (Å²) in [6.45, 7) is 6.39. The normalized spacial score (nSPS) is 25.3. The van der Waals surface area contributed by atoms with E-state index in [9.17, 15) is 19.5 Å². The molecule has 0 heterocycles. The van der Waals surface area contributed by atoms with Gasteiger partial charge in [0.2, 0.25) is 12.2 Å². The summed E-state index contributed by atoms with van der Waals surface area (Å²) in [7, 11) is 0. The summed E-state index contributed by atoms with van der Waals surface area (Å²) in [5.74, 6) is -3.40. The van der Waals surface area contributed by atoms with Crippen LogP contribution in [-0.2, 0) is 23.9 Å². The lowest BCUT2D eigenvalue weighted by Crippen LogP contribution is -2.51. The minimum absolute atomic E-state index is 0.0458. The standard InChI is InChI=1S/C19H35N5O6/c1-5-11(6-2)16(23-9(3)25)15-13(24-19(21)22)7-12(17(15)27)18(28)30-10(4)29-14(26)8-20/h10-13,15-17,27H,5-8,20H2,1-4H3,(H,23,25)(H4,21,22,24)/t10?,12-,13+,15+,16?,17+/m0/s1. The smallest absolute Gasteiger partial charge is 0.322 e. The Morgan fingerprint density at radius 3 is 2.27 bits per heavy atom. The Balaban J connectivity index is 3.14. The molecule has 172 valence electrons. The highest BCUT2D eigenvalue weighted by molar-refractivity contribution is 5.77. The molecule has 0 aromatic heterocycles. The van der Waals surface area contributed by atoms with Gasteiger partial charge in [-0.05, 0) is 12.3 Å². The van der Waals surface area contributed by atoms with Crippen molar-refractivity contribution in [1.29, 1.82) is 0 Å². The maximum Gasteiger partial charge on any atom is 0.322 e. The van der Waals surface area contributed by atoms with Gasteiger partial charge in [-0.1, -0.05) is 26.7 Å². The molecule has 1 rings (SSSR count). The van der Waals surface area contributed by atoms with Gasteiger partial charge in [-0.25, -0.2) is 4.99 Å². The highest BCUT2D eigenvalue weighted by Crippen LogP contribution is 2.40. The third kappa shape index (κ3) is 6.84. The molecule has 0 saturated heterocycles. The molecule has 1 aliphatic rings. The first-order valence-corrected chi connectivity index (χ1v) is 10.2. The van der Waals surface area contributed by atoms with E-state index < -0.39 is 48.3 Å². The quantitative estimate of drug-likeness (QED) is 0.125. The van der Waals surface area contributed by atoms with E-state index in [4.69, 9.17) is 26.7 Å². The van der Waals surface area contributed by atoms with E-state index in [0.717, 1.165) is 12.8 Å². The highest BCUT2D eigenvalue weighted by atomic mass is 16.7. The van der Waals surface area contributed by atoms with Gasteiger partial charge in [0, 0.05) is 25.8 Å². The number of nitrogens with one attached hydrogen (secondary N) is 1. The minimum atomic E-state index is -1.17. The lowest BCUT2D eigenvalue weighted by Gasteiger charge is -2.35. The van der Waals surface area contributed by atoms with Crippen molar-refractivity contribution in [2.75, 3.05) is 6.54 Å². The molecule has 0 aliphatic heterocycles. The second-order valence-corrected chi connectivity index (χ2v) is 7.53. The van der Waals surface area contributed by atoms with Gasteiger partial charge < -0.3 is 37.1 Å². The van der Waals surface area contributed by atoms with Crippen LogP contribution in [0.4, 0.5) is 0 Å². The number of guanidine groups is 1. The summed E-state index contributed by atoms with van der Waals surface area (Å²) >= 11 is 0. The number of aliphatic hydroxyl groups excluding tert-OH is 1. The van der Waals surface area contributed by atoms with Crippen LogP contribution in [0.1, 0.15) is 47.0 Å². The fourth-order valence-corrected chi connectivity index (χ4v) is 4.14. The summed E-state index contributed by atoms with van der Waals surface area (Å²) in [6.07, 6.45) is -0.705. The summed E-state index contributed by atoms with van der Waals surface area (Å²) in [5.41, 5.74) is 16.3. The van der Waals surface area contributed by atoms with Crippen molar-refractivity contribution >= 4 is 23.8 Å². The number of hydrogen-bond donors (Lipinski definition) is 5. The van der Waals surface area contributed by atoms with Crippen molar-refractivity contribution in [2.45, 2.75) is 71.4 Å². The van der Waals surface area contributed by atoms with Crippen molar-refractivity contribution in [3.63, 3.8) is 0 Å². The highest BCUT2D eigenvalue weighted by Gasteiger charge is 2.51. The average Bonchev–Trinajstić information content (AvgIpc) is 2.96. The van der Waals surface area contributed by atoms with E-state index in [0.29, 0.717) is 0 Å². The van der Waals surface area contributed by atoms with Gasteiger partial charge in [-0.2, -0.15) is 0 Å². The molecule has 6 atom stereocenters. The SMILES string of the molecule is CCC(CC)C(NC(C)=O)[C@@H]1[C@H](O)[C@@H](C(=O)OC(C)OC(=O)CN)C[C@H]1N=C(N)N. The number of ether oxygens (including phenoxy) is 2. The van der Waals surface area contributed by atoms with E-state index in [1.807, 2.05) is 13.8 Å². The first-order chi connectivity index (χ1) is 14.0. The number of carbonyl (C=O) groups is 3. The van der Waals surface area contributed by atoms with Gasteiger partial charge in [-0.15, -0.1) is 0 Å². The van der Waals surface area contributed by atoms with Crippen LogP contribution in [0.2, 0.25) is 0 Å². The number of nitrogens with two attached hydrogens (primary N) is 3. The average molecular weight is 430 g/mol. The molecular formula is C19H35N5O6. The van der Waals surface area contributed by atoms with E-state index in [2.05, 4.69) is 10.3 Å². The van der Waals surface area contributed by atoms with Crippen LogP contribution >= 0.6 is 0 Å². The van der Waals surface area contributed by atoms with Crippen LogP contribution in [0, 0.1) is 17.8 Å². The van der Waals surface area contributed by atoms with E-state index >= 15 is 0 Å². The summed E-state index contributed by atoms with van der Waals surface area (Å²) in [4.78, 5) is 40.0. The lowest BCUT2D eigenvalue weighted by molar-refractivity contribution is -0.188. The molecule has 0 aromatic rings. The monoisotopic (exact) mass is 429 g/mol. The molecule has 11 nitrogen and oxygen atoms in total. The van der Waals surface area contributed by atoms with Crippen LogP contribution < -0.4 is 22.5 Å². The Morgan fingerprint density at radius 2 is 1.80 bits per heavy atom. The number of aliphatic hydroxyl groups is 1. The van der Waals surface area contributed by atoms with Crippen LogP contribution in [-0.4, -0.2) is 59.9 Å². The van der Waals surface area contributed by atoms with Crippen LogP contribution in [0.5, 0.6) is 0 Å².